The molecule has 2 aromatic carbocycles. The SMILES string of the molecule is Cc1cc(C)c2nc(NC(=O)c3cccc(S(=O)(=O)N(C)C(C)C)c3)sc2c1. The van der Waals surface area contributed by atoms with Crippen molar-refractivity contribution >= 4 is 42.6 Å². The first-order chi connectivity index (χ1) is 13.1. The van der Waals surface area contributed by atoms with E-state index in [4.69, 9.17) is 0 Å². The van der Waals surface area contributed by atoms with Crippen LogP contribution in [0.1, 0.15) is 35.3 Å². The predicted molar refractivity (Wildman–Crippen MR) is 114 cm³/mol. The van der Waals surface area contributed by atoms with Gasteiger partial charge in [0.2, 0.25) is 10.0 Å². The Labute approximate surface area is 169 Å². The molecular weight excluding hydrogens is 394 g/mol. The number of aromatic nitrogens is 1. The molecule has 1 N–H and O–H groups in total. The van der Waals surface area contributed by atoms with Gasteiger partial charge in [-0.3, -0.25) is 10.1 Å². The zero-order chi connectivity index (χ0) is 20.6. The number of rotatable bonds is 5. The number of thiazole rings is 1. The molecule has 0 saturated carbocycles. The van der Waals surface area contributed by atoms with Crippen LogP contribution in [0.15, 0.2) is 41.3 Å². The van der Waals surface area contributed by atoms with E-state index in [-0.39, 0.29) is 16.5 Å². The van der Waals surface area contributed by atoms with Crippen LogP contribution >= 0.6 is 11.3 Å². The second kappa shape index (κ2) is 7.62. The lowest BCUT2D eigenvalue weighted by atomic mass is 10.1. The fourth-order valence-electron chi connectivity index (χ4n) is 2.83. The van der Waals surface area contributed by atoms with Gasteiger partial charge in [-0.25, -0.2) is 13.4 Å². The Morgan fingerprint density at radius 2 is 1.89 bits per heavy atom. The third-order valence-corrected chi connectivity index (χ3v) is 7.50. The topological polar surface area (TPSA) is 79.4 Å². The first kappa shape index (κ1) is 20.4. The maximum absolute atomic E-state index is 12.7. The average Bonchev–Trinajstić information content (AvgIpc) is 3.03. The van der Waals surface area contributed by atoms with Crippen LogP contribution in [0, 0.1) is 13.8 Å². The highest BCUT2D eigenvalue weighted by molar-refractivity contribution is 7.89. The van der Waals surface area contributed by atoms with Gasteiger partial charge in [0.15, 0.2) is 5.13 Å². The fourth-order valence-corrected chi connectivity index (χ4v) is 5.29. The molecular formula is C20H23N3O3S2. The van der Waals surface area contributed by atoms with E-state index in [9.17, 15) is 13.2 Å². The van der Waals surface area contributed by atoms with Gasteiger partial charge in [0, 0.05) is 18.7 Å². The van der Waals surface area contributed by atoms with E-state index in [0.717, 1.165) is 21.3 Å². The van der Waals surface area contributed by atoms with Crippen molar-refractivity contribution in [2.45, 2.75) is 38.6 Å². The first-order valence-electron chi connectivity index (χ1n) is 8.87. The van der Waals surface area contributed by atoms with E-state index in [1.54, 1.807) is 26.0 Å². The lowest BCUT2D eigenvalue weighted by Crippen LogP contribution is -2.33. The molecule has 3 aromatic rings. The van der Waals surface area contributed by atoms with Gasteiger partial charge in [0.1, 0.15) is 0 Å². The molecule has 0 bridgehead atoms. The third kappa shape index (κ3) is 3.94. The van der Waals surface area contributed by atoms with E-state index in [0.29, 0.717) is 5.13 Å². The number of benzene rings is 2. The Bertz CT molecular complexity index is 1150. The summed E-state index contributed by atoms with van der Waals surface area (Å²) in [6, 6.07) is 9.95. The lowest BCUT2D eigenvalue weighted by molar-refractivity contribution is 0.102. The van der Waals surface area contributed by atoms with Crippen LogP contribution in [-0.2, 0) is 10.0 Å². The number of hydrogen-bond donors (Lipinski definition) is 1. The van der Waals surface area contributed by atoms with Crippen LogP contribution < -0.4 is 5.32 Å². The summed E-state index contributed by atoms with van der Waals surface area (Å²) in [6.45, 7) is 7.60. The van der Waals surface area contributed by atoms with Crippen LogP contribution in [0.3, 0.4) is 0 Å². The Morgan fingerprint density at radius 1 is 1.18 bits per heavy atom. The maximum Gasteiger partial charge on any atom is 0.257 e. The van der Waals surface area contributed by atoms with Gasteiger partial charge in [-0.05, 0) is 63.1 Å². The highest BCUT2D eigenvalue weighted by Crippen LogP contribution is 2.29. The molecule has 0 fully saturated rings. The minimum atomic E-state index is -3.66. The molecule has 0 saturated heterocycles. The Balaban J connectivity index is 1.89. The van der Waals surface area contributed by atoms with Gasteiger partial charge < -0.3 is 0 Å². The van der Waals surface area contributed by atoms with E-state index >= 15 is 0 Å². The Hall–Kier alpha value is -2.29. The average molecular weight is 418 g/mol. The van der Waals surface area contributed by atoms with Crippen molar-refractivity contribution in [3.05, 3.63) is 53.1 Å². The number of fused-ring (bicyclic) bond motifs is 1. The molecule has 6 nitrogen and oxygen atoms in total. The molecule has 1 heterocycles. The molecule has 3 rings (SSSR count). The van der Waals surface area contributed by atoms with Gasteiger partial charge in [-0.1, -0.05) is 23.5 Å². The minimum absolute atomic E-state index is 0.0899. The normalized spacial score (nSPS) is 12.1. The summed E-state index contributed by atoms with van der Waals surface area (Å²) in [5.41, 5.74) is 3.32. The third-order valence-electron chi connectivity index (χ3n) is 4.55. The van der Waals surface area contributed by atoms with Crippen molar-refractivity contribution in [1.29, 1.82) is 0 Å². The molecule has 148 valence electrons. The summed E-state index contributed by atoms with van der Waals surface area (Å²) in [4.78, 5) is 17.3. The van der Waals surface area contributed by atoms with Gasteiger partial charge in [0.25, 0.3) is 5.91 Å². The highest BCUT2D eigenvalue weighted by atomic mass is 32.2. The van der Waals surface area contributed by atoms with Gasteiger partial charge in [0.05, 0.1) is 15.1 Å². The van der Waals surface area contributed by atoms with Crippen LogP contribution in [0.4, 0.5) is 5.13 Å². The zero-order valence-corrected chi connectivity index (χ0v) is 18.1. The van der Waals surface area contributed by atoms with Crippen molar-refractivity contribution < 1.29 is 13.2 Å². The van der Waals surface area contributed by atoms with Crippen LogP contribution in [0.25, 0.3) is 10.2 Å². The second-order valence-electron chi connectivity index (χ2n) is 7.04. The number of aryl methyl sites for hydroxylation is 2. The molecule has 0 radical (unpaired) electrons. The molecule has 0 aliphatic carbocycles. The monoisotopic (exact) mass is 417 g/mol. The standard InChI is InChI=1S/C20H23N3O3S2/c1-12(2)23(5)28(25,26)16-8-6-7-15(11-16)19(24)22-20-21-18-14(4)9-13(3)10-17(18)27-20/h6-12H,1-5H3,(H,21,22,24). The number of anilines is 1. The number of nitrogens with one attached hydrogen (secondary N) is 1. The molecule has 0 aliphatic rings. The first-order valence-corrected chi connectivity index (χ1v) is 11.1. The molecule has 0 aliphatic heterocycles. The number of sulfonamides is 1. The number of carbonyl (C=O) groups excluding carboxylic acids is 1. The van der Waals surface area contributed by atoms with Crippen molar-refractivity contribution in [1.82, 2.24) is 9.29 Å². The second-order valence-corrected chi connectivity index (χ2v) is 10.1. The number of amides is 1. The fraction of sp³-hybridized carbons (Fsp3) is 0.300. The van der Waals surface area contributed by atoms with Crippen LogP contribution in [0.2, 0.25) is 0 Å². The molecule has 1 aromatic heterocycles. The van der Waals surface area contributed by atoms with E-state index in [1.165, 1.54) is 34.8 Å². The van der Waals surface area contributed by atoms with Crippen LogP contribution in [-0.4, -0.2) is 36.7 Å². The number of carbonyl (C=O) groups is 1. The predicted octanol–water partition coefficient (Wildman–Crippen LogP) is 4.19. The van der Waals surface area contributed by atoms with E-state index < -0.39 is 15.9 Å². The molecule has 1 amide bonds. The summed E-state index contributed by atoms with van der Waals surface area (Å²) in [6.07, 6.45) is 0. The molecule has 8 heteroatoms. The lowest BCUT2D eigenvalue weighted by Gasteiger charge is -2.21. The van der Waals surface area contributed by atoms with Crippen LogP contribution in [0.5, 0.6) is 0 Å². The molecule has 28 heavy (non-hydrogen) atoms. The van der Waals surface area contributed by atoms with Gasteiger partial charge >= 0.3 is 0 Å². The molecule has 0 unspecified atom stereocenters. The summed E-state index contributed by atoms with van der Waals surface area (Å²) in [5, 5.41) is 3.27. The van der Waals surface area contributed by atoms with Crippen molar-refractivity contribution in [2.24, 2.45) is 0 Å². The summed E-state index contributed by atoms with van der Waals surface area (Å²) >= 11 is 1.40. The zero-order valence-electron chi connectivity index (χ0n) is 16.5. The highest BCUT2D eigenvalue weighted by Gasteiger charge is 2.24. The quantitative estimate of drug-likeness (QED) is 0.675. The van der Waals surface area contributed by atoms with E-state index in [1.807, 2.05) is 26.0 Å². The minimum Gasteiger partial charge on any atom is -0.298 e. The largest absolute Gasteiger partial charge is 0.298 e. The van der Waals surface area contributed by atoms with Gasteiger partial charge in [-0.15, -0.1) is 0 Å². The van der Waals surface area contributed by atoms with Gasteiger partial charge in [-0.2, -0.15) is 4.31 Å². The number of hydrogen-bond acceptors (Lipinski definition) is 5. The smallest absolute Gasteiger partial charge is 0.257 e. The van der Waals surface area contributed by atoms with E-state index in [2.05, 4.69) is 10.3 Å². The van der Waals surface area contributed by atoms with Crippen molar-refractivity contribution in [2.75, 3.05) is 12.4 Å². The Kier molecular flexibility index (Phi) is 5.56. The molecule has 0 atom stereocenters. The number of nitrogens with zero attached hydrogens (tertiary/aromatic N) is 2. The van der Waals surface area contributed by atoms with Crippen molar-refractivity contribution in [3.63, 3.8) is 0 Å². The Morgan fingerprint density at radius 3 is 2.57 bits per heavy atom. The summed E-state index contributed by atoms with van der Waals surface area (Å²) < 4.78 is 27.6. The summed E-state index contributed by atoms with van der Waals surface area (Å²) in [7, 11) is -2.13. The summed E-state index contributed by atoms with van der Waals surface area (Å²) in [5.74, 6) is -0.391. The maximum atomic E-state index is 12.7. The molecule has 0 spiro atoms. The van der Waals surface area contributed by atoms with Crippen molar-refractivity contribution in [3.8, 4) is 0 Å².